The molecule has 1 aromatic heterocycles. The minimum Gasteiger partial charge on any atom is -0.459 e. The Morgan fingerprint density at radius 1 is 0.968 bits per heavy atom. The molecule has 2 amide bonds. The predicted molar refractivity (Wildman–Crippen MR) is 112 cm³/mol. The number of furan rings is 1. The number of Topliss-reactive ketones (excluding diaryl/α,β-unsaturated/α-hetero) is 1. The summed E-state index contributed by atoms with van der Waals surface area (Å²) in [5.41, 5.74) is 1.62. The van der Waals surface area contributed by atoms with E-state index < -0.39 is 11.8 Å². The number of amides is 2. The average molecular weight is 418 g/mol. The number of hydrogen-bond acceptors (Lipinski definition) is 6. The van der Waals surface area contributed by atoms with Crippen LogP contribution in [0.25, 0.3) is 6.08 Å². The van der Waals surface area contributed by atoms with Crippen LogP contribution in [0.1, 0.15) is 33.4 Å². The zero-order valence-corrected chi connectivity index (χ0v) is 16.5. The van der Waals surface area contributed by atoms with Gasteiger partial charge >= 0.3 is 0 Å². The van der Waals surface area contributed by atoms with Gasteiger partial charge < -0.3 is 24.5 Å². The fourth-order valence-electron chi connectivity index (χ4n) is 2.91. The summed E-state index contributed by atoms with van der Waals surface area (Å²) in [6.45, 7) is 1.59. The van der Waals surface area contributed by atoms with Crippen LogP contribution in [0, 0.1) is 0 Å². The first-order valence-corrected chi connectivity index (χ1v) is 9.38. The Kier molecular flexibility index (Phi) is 5.53. The second-order valence-electron chi connectivity index (χ2n) is 6.69. The first kappa shape index (κ1) is 20.0. The molecule has 0 fully saturated rings. The lowest BCUT2D eigenvalue weighted by Gasteiger charge is -2.11. The monoisotopic (exact) mass is 418 g/mol. The van der Waals surface area contributed by atoms with Crippen molar-refractivity contribution in [3.8, 4) is 11.5 Å². The quantitative estimate of drug-likeness (QED) is 0.468. The Morgan fingerprint density at radius 2 is 1.74 bits per heavy atom. The molecule has 2 N–H and O–H groups in total. The smallest absolute Gasteiger partial charge is 0.291 e. The van der Waals surface area contributed by atoms with E-state index in [-0.39, 0.29) is 24.0 Å². The summed E-state index contributed by atoms with van der Waals surface area (Å²) in [6, 6.07) is 14.7. The van der Waals surface area contributed by atoms with Gasteiger partial charge in [0.25, 0.3) is 11.8 Å². The Morgan fingerprint density at radius 3 is 2.45 bits per heavy atom. The van der Waals surface area contributed by atoms with E-state index in [1.54, 1.807) is 48.5 Å². The number of ketones is 1. The minimum atomic E-state index is -0.570. The van der Waals surface area contributed by atoms with Crippen LogP contribution in [0.5, 0.6) is 11.5 Å². The Hall–Kier alpha value is -4.33. The summed E-state index contributed by atoms with van der Waals surface area (Å²) in [7, 11) is 0. The first-order valence-electron chi connectivity index (χ1n) is 9.38. The zero-order valence-electron chi connectivity index (χ0n) is 16.5. The third-order valence-electron chi connectivity index (χ3n) is 4.49. The molecule has 0 spiro atoms. The maximum absolute atomic E-state index is 12.9. The highest BCUT2D eigenvalue weighted by atomic mass is 16.7. The van der Waals surface area contributed by atoms with Crippen molar-refractivity contribution in [1.82, 2.24) is 5.32 Å². The number of ether oxygens (including phenoxy) is 2. The highest BCUT2D eigenvalue weighted by Gasteiger charge is 2.18. The van der Waals surface area contributed by atoms with E-state index in [4.69, 9.17) is 13.9 Å². The third-order valence-corrected chi connectivity index (χ3v) is 4.49. The molecule has 1 aliphatic rings. The molecule has 0 saturated heterocycles. The Labute approximate surface area is 177 Å². The highest BCUT2D eigenvalue weighted by Crippen LogP contribution is 2.33. The highest BCUT2D eigenvalue weighted by molar-refractivity contribution is 6.10. The number of hydrogen-bond donors (Lipinski definition) is 2. The van der Waals surface area contributed by atoms with Gasteiger partial charge in [-0.25, -0.2) is 0 Å². The van der Waals surface area contributed by atoms with Crippen molar-refractivity contribution >= 4 is 29.4 Å². The van der Waals surface area contributed by atoms with Crippen molar-refractivity contribution in [1.29, 1.82) is 0 Å². The molecule has 0 bridgehead atoms. The number of carbonyl (C=O) groups excluding carboxylic acids is 3. The largest absolute Gasteiger partial charge is 0.459 e. The van der Waals surface area contributed by atoms with Gasteiger partial charge in [-0.05, 0) is 67.1 Å². The van der Waals surface area contributed by atoms with Crippen LogP contribution in [0.15, 0.2) is 71.0 Å². The molecule has 2 aromatic carbocycles. The van der Waals surface area contributed by atoms with Crippen LogP contribution in [-0.2, 0) is 4.79 Å². The van der Waals surface area contributed by atoms with E-state index in [9.17, 15) is 14.4 Å². The minimum absolute atomic E-state index is 0.00379. The van der Waals surface area contributed by atoms with Crippen molar-refractivity contribution in [2.45, 2.75) is 6.92 Å². The van der Waals surface area contributed by atoms with Gasteiger partial charge in [0.2, 0.25) is 6.79 Å². The standard InChI is InChI=1S/C23H18N2O6/c1-14(26)16-5-7-17(8-6-16)24-22(27)18(25-23(28)20-3-2-10-29-20)11-15-4-9-19-21(12-15)31-13-30-19/h2-12H,13H2,1H3,(H,24,27)(H,25,28)/b18-11-. The lowest BCUT2D eigenvalue weighted by atomic mass is 10.1. The number of rotatable bonds is 6. The molecule has 4 rings (SSSR count). The molecule has 0 aliphatic carbocycles. The van der Waals surface area contributed by atoms with Crippen molar-refractivity contribution in [3.05, 3.63) is 83.4 Å². The van der Waals surface area contributed by atoms with Crippen molar-refractivity contribution < 1.29 is 28.3 Å². The van der Waals surface area contributed by atoms with Gasteiger partial charge in [-0.15, -0.1) is 0 Å². The average Bonchev–Trinajstić information content (AvgIpc) is 3.45. The summed E-state index contributed by atoms with van der Waals surface area (Å²) >= 11 is 0. The number of carbonyl (C=O) groups is 3. The molecule has 156 valence electrons. The lowest BCUT2D eigenvalue weighted by molar-refractivity contribution is -0.113. The molecule has 31 heavy (non-hydrogen) atoms. The Bertz CT molecular complexity index is 1160. The van der Waals surface area contributed by atoms with Gasteiger partial charge in [-0.2, -0.15) is 0 Å². The van der Waals surface area contributed by atoms with E-state index in [0.29, 0.717) is 28.3 Å². The fraction of sp³-hybridized carbons (Fsp3) is 0.0870. The molecule has 8 nitrogen and oxygen atoms in total. The van der Waals surface area contributed by atoms with Crippen LogP contribution in [0.2, 0.25) is 0 Å². The molecular formula is C23H18N2O6. The molecule has 0 atom stereocenters. The van der Waals surface area contributed by atoms with Gasteiger partial charge in [0.1, 0.15) is 5.70 Å². The topological polar surface area (TPSA) is 107 Å². The predicted octanol–water partition coefficient (Wildman–Crippen LogP) is 3.62. The molecule has 2 heterocycles. The number of nitrogens with one attached hydrogen (secondary N) is 2. The third kappa shape index (κ3) is 4.64. The van der Waals surface area contributed by atoms with Gasteiger partial charge in [-0.1, -0.05) is 6.07 Å². The van der Waals surface area contributed by atoms with Crippen LogP contribution < -0.4 is 20.1 Å². The maximum Gasteiger partial charge on any atom is 0.291 e. The zero-order chi connectivity index (χ0) is 21.8. The van der Waals surface area contributed by atoms with Crippen molar-refractivity contribution in [2.75, 3.05) is 12.1 Å². The molecule has 1 aliphatic heterocycles. The summed E-state index contributed by atoms with van der Waals surface area (Å²) in [5, 5.41) is 5.29. The van der Waals surface area contributed by atoms with E-state index in [0.717, 1.165) is 0 Å². The molecule has 8 heteroatoms. The van der Waals surface area contributed by atoms with Crippen LogP contribution in [-0.4, -0.2) is 24.4 Å². The molecular weight excluding hydrogens is 400 g/mol. The number of fused-ring (bicyclic) bond motifs is 1. The summed E-state index contributed by atoms with van der Waals surface area (Å²) < 4.78 is 15.8. The summed E-state index contributed by atoms with van der Waals surface area (Å²) in [5.74, 6) is 0.0217. The molecule has 0 saturated carbocycles. The Balaban J connectivity index is 1.60. The summed E-state index contributed by atoms with van der Waals surface area (Å²) in [6.07, 6.45) is 2.88. The van der Waals surface area contributed by atoms with Crippen molar-refractivity contribution in [2.24, 2.45) is 0 Å². The van der Waals surface area contributed by atoms with Gasteiger partial charge in [0.15, 0.2) is 23.0 Å². The van der Waals surface area contributed by atoms with Gasteiger partial charge in [0, 0.05) is 11.3 Å². The fourth-order valence-corrected chi connectivity index (χ4v) is 2.91. The van der Waals surface area contributed by atoms with E-state index in [2.05, 4.69) is 10.6 Å². The molecule has 0 radical (unpaired) electrons. The first-order chi connectivity index (χ1) is 15.0. The van der Waals surface area contributed by atoms with Gasteiger partial charge in [0.05, 0.1) is 6.26 Å². The van der Waals surface area contributed by atoms with E-state index in [1.807, 2.05) is 0 Å². The maximum atomic E-state index is 12.9. The number of benzene rings is 2. The normalized spacial score (nSPS) is 12.4. The summed E-state index contributed by atoms with van der Waals surface area (Å²) in [4.78, 5) is 36.8. The van der Waals surface area contributed by atoms with Crippen LogP contribution in [0.4, 0.5) is 5.69 Å². The van der Waals surface area contributed by atoms with Crippen LogP contribution >= 0.6 is 0 Å². The van der Waals surface area contributed by atoms with E-state index >= 15 is 0 Å². The van der Waals surface area contributed by atoms with Crippen molar-refractivity contribution in [3.63, 3.8) is 0 Å². The SMILES string of the molecule is CC(=O)c1ccc(NC(=O)/C(=C/c2ccc3c(c2)OCO3)NC(=O)c2ccco2)cc1. The molecule has 3 aromatic rings. The van der Waals surface area contributed by atoms with Gasteiger partial charge in [-0.3, -0.25) is 14.4 Å². The second-order valence-corrected chi connectivity index (χ2v) is 6.69. The van der Waals surface area contributed by atoms with E-state index in [1.165, 1.54) is 25.3 Å². The number of anilines is 1. The van der Waals surface area contributed by atoms with Crippen LogP contribution in [0.3, 0.4) is 0 Å². The molecule has 0 unspecified atom stereocenters. The second kappa shape index (κ2) is 8.58. The lowest BCUT2D eigenvalue weighted by Crippen LogP contribution is -2.30.